The zero-order valence-electron chi connectivity index (χ0n) is 6.24. The molecular weight excluding hydrogens is 298 g/mol. The molecule has 0 N–H and O–H groups in total. The first kappa shape index (κ1) is 9.73. The van der Waals surface area contributed by atoms with Gasteiger partial charge in [-0.3, -0.25) is 0 Å². The van der Waals surface area contributed by atoms with Crippen LogP contribution in [-0.2, 0) is 19.8 Å². The van der Waals surface area contributed by atoms with E-state index in [0.29, 0.717) is 0 Å². The van der Waals surface area contributed by atoms with Gasteiger partial charge in [-0.1, -0.05) is 19.9 Å². The van der Waals surface area contributed by atoms with E-state index in [-0.39, 0.29) is 19.8 Å². The fourth-order valence-corrected chi connectivity index (χ4v) is 0.771. The van der Waals surface area contributed by atoms with E-state index < -0.39 is 0 Å². The molecule has 1 heteroatoms. The molecule has 0 fully saturated rings. The van der Waals surface area contributed by atoms with Gasteiger partial charge in [0.05, 0.1) is 0 Å². The van der Waals surface area contributed by atoms with Crippen LogP contribution in [0.25, 0.3) is 0 Å². The molecule has 0 saturated carbocycles. The van der Waals surface area contributed by atoms with E-state index in [1.807, 2.05) is 6.07 Å². The summed E-state index contributed by atoms with van der Waals surface area (Å²) in [5.74, 6) is 1.37. The average Bonchev–Trinajstić information content (AvgIpc) is 1.90. The molecule has 0 amide bonds. The SMILES string of the molecule is C[C-](C)c1ccccc1.[Os+]. The normalized spacial score (nSPS) is 8.20. The number of hydrogen-bond acceptors (Lipinski definition) is 0. The average molecular weight is 309 g/mol. The van der Waals surface area contributed by atoms with Gasteiger partial charge in [-0.2, -0.15) is 23.6 Å². The Morgan fingerprint density at radius 1 is 1.00 bits per heavy atom. The van der Waals surface area contributed by atoms with Gasteiger partial charge in [0.15, 0.2) is 0 Å². The molecule has 1 radical (unpaired) electrons. The van der Waals surface area contributed by atoms with E-state index in [0.717, 1.165) is 0 Å². The molecule has 0 aliphatic heterocycles. The molecule has 0 spiro atoms. The van der Waals surface area contributed by atoms with Crippen LogP contribution < -0.4 is 0 Å². The Hall–Kier alpha value is -0.274. The number of benzene rings is 1. The van der Waals surface area contributed by atoms with Gasteiger partial charge in [0, 0.05) is 0 Å². The van der Waals surface area contributed by atoms with Gasteiger partial charge in [0.25, 0.3) is 0 Å². The molecule has 0 heterocycles. The maximum atomic E-state index is 2.12. The van der Waals surface area contributed by atoms with Crippen molar-refractivity contribution < 1.29 is 19.8 Å². The molecule has 0 aromatic heterocycles. The Balaban J connectivity index is 0.000000810. The first-order valence-corrected chi connectivity index (χ1v) is 3.16. The predicted molar refractivity (Wildman–Crippen MR) is 40.1 cm³/mol. The monoisotopic (exact) mass is 311 g/mol. The summed E-state index contributed by atoms with van der Waals surface area (Å²) in [6.45, 7) is 4.24. The van der Waals surface area contributed by atoms with Gasteiger partial charge in [0.1, 0.15) is 0 Å². The Bertz CT molecular complexity index is 167. The maximum Gasteiger partial charge on any atom is 1.00 e. The van der Waals surface area contributed by atoms with Crippen LogP contribution in [0.2, 0.25) is 0 Å². The molecular formula is C9H11Os. The summed E-state index contributed by atoms with van der Waals surface area (Å²) in [4.78, 5) is 0. The summed E-state index contributed by atoms with van der Waals surface area (Å²) < 4.78 is 0. The van der Waals surface area contributed by atoms with Crippen LogP contribution in [-0.4, -0.2) is 0 Å². The van der Waals surface area contributed by atoms with Gasteiger partial charge in [-0.15, -0.1) is 12.1 Å². The number of rotatable bonds is 1. The van der Waals surface area contributed by atoms with Gasteiger partial charge in [-0.05, 0) is 0 Å². The number of hydrogen-bond donors (Lipinski definition) is 0. The Morgan fingerprint density at radius 3 is 1.80 bits per heavy atom. The van der Waals surface area contributed by atoms with Crippen molar-refractivity contribution in [1.82, 2.24) is 0 Å². The first-order valence-electron chi connectivity index (χ1n) is 3.16. The molecule has 0 aliphatic rings. The van der Waals surface area contributed by atoms with Crippen molar-refractivity contribution in [2.45, 2.75) is 13.8 Å². The molecule has 1 aromatic carbocycles. The van der Waals surface area contributed by atoms with E-state index in [1.54, 1.807) is 0 Å². The largest absolute Gasteiger partial charge is 1.00 e. The van der Waals surface area contributed by atoms with E-state index >= 15 is 0 Å². The summed E-state index contributed by atoms with van der Waals surface area (Å²) >= 11 is 0. The van der Waals surface area contributed by atoms with Gasteiger partial charge in [-0.25, -0.2) is 0 Å². The van der Waals surface area contributed by atoms with Gasteiger partial charge >= 0.3 is 19.8 Å². The summed E-state index contributed by atoms with van der Waals surface area (Å²) in [6.07, 6.45) is 0. The molecule has 0 bridgehead atoms. The van der Waals surface area contributed by atoms with Crippen LogP contribution >= 0.6 is 0 Å². The fourth-order valence-electron chi connectivity index (χ4n) is 0.771. The van der Waals surface area contributed by atoms with Crippen LogP contribution in [0.4, 0.5) is 0 Å². The van der Waals surface area contributed by atoms with Crippen LogP contribution in [0.5, 0.6) is 0 Å². The summed E-state index contributed by atoms with van der Waals surface area (Å²) in [6, 6.07) is 10.4. The second-order valence-electron chi connectivity index (χ2n) is 2.37. The summed E-state index contributed by atoms with van der Waals surface area (Å²) in [7, 11) is 0. The molecule has 1 aromatic rings. The Morgan fingerprint density at radius 2 is 1.50 bits per heavy atom. The van der Waals surface area contributed by atoms with E-state index in [9.17, 15) is 0 Å². The van der Waals surface area contributed by atoms with Crippen LogP contribution in [0.1, 0.15) is 19.4 Å². The predicted octanol–water partition coefficient (Wildman–Crippen LogP) is 2.65. The van der Waals surface area contributed by atoms with E-state index in [1.165, 1.54) is 11.5 Å². The van der Waals surface area contributed by atoms with Crippen molar-refractivity contribution in [2.75, 3.05) is 0 Å². The minimum atomic E-state index is 0. The van der Waals surface area contributed by atoms with Crippen molar-refractivity contribution >= 4 is 0 Å². The third kappa shape index (κ3) is 2.54. The zero-order valence-corrected chi connectivity index (χ0v) is 8.78. The maximum absolute atomic E-state index is 2.12. The molecule has 0 atom stereocenters. The first-order chi connectivity index (χ1) is 4.30. The summed E-state index contributed by atoms with van der Waals surface area (Å²) in [5.41, 5.74) is 1.33. The fraction of sp³-hybridized carbons (Fsp3) is 0.222. The van der Waals surface area contributed by atoms with Crippen LogP contribution in [0, 0.1) is 5.92 Å². The van der Waals surface area contributed by atoms with Crippen molar-refractivity contribution in [3.05, 3.63) is 41.8 Å². The zero-order chi connectivity index (χ0) is 6.69. The van der Waals surface area contributed by atoms with E-state index in [2.05, 4.69) is 38.1 Å². The second-order valence-corrected chi connectivity index (χ2v) is 2.37. The Kier molecular flexibility index (Phi) is 4.40. The Labute approximate surface area is 75.7 Å². The quantitative estimate of drug-likeness (QED) is 0.700. The molecule has 0 nitrogen and oxygen atoms in total. The van der Waals surface area contributed by atoms with Gasteiger partial charge < -0.3 is 0 Å². The van der Waals surface area contributed by atoms with E-state index in [4.69, 9.17) is 0 Å². The van der Waals surface area contributed by atoms with Crippen molar-refractivity contribution in [1.29, 1.82) is 0 Å². The molecule has 0 aliphatic carbocycles. The van der Waals surface area contributed by atoms with Crippen LogP contribution in [0.3, 0.4) is 0 Å². The molecule has 55 valence electrons. The van der Waals surface area contributed by atoms with Crippen molar-refractivity contribution in [3.63, 3.8) is 0 Å². The minimum absolute atomic E-state index is 0. The van der Waals surface area contributed by atoms with Crippen molar-refractivity contribution in [2.24, 2.45) is 0 Å². The summed E-state index contributed by atoms with van der Waals surface area (Å²) in [5, 5.41) is 0. The molecule has 0 unspecified atom stereocenters. The minimum Gasteiger partial charge on any atom is -0.189 e. The topological polar surface area (TPSA) is 0 Å². The second kappa shape index (κ2) is 4.53. The molecule has 0 saturated heterocycles. The van der Waals surface area contributed by atoms with Crippen molar-refractivity contribution in [3.8, 4) is 0 Å². The van der Waals surface area contributed by atoms with Crippen LogP contribution in [0.15, 0.2) is 30.3 Å². The van der Waals surface area contributed by atoms with Gasteiger partial charge in [0.2, 0.25) is 0 Å². The third-order valence-electron chi connectivity index (χ3n) is 1.35. The molecule has 1 rings (SSSR count). The molecule has 10 heavy (non-hydrogen) atoms. The third-order valence-corrected chi connectivity index (χ3v) is 1.35. The standard InChI is InChI=1S/C9H11.Os/c1-8(2)9-6-4-3-5-7-9;/h3-7H,1-2H3;/q-1;+1. The smallest absolute Gasteiger partial charge is 0.189 e.